The van der Waals surface area contributed by atoms with E-state index in [2.05, 4.69) is 119 Å². The van der Waals surface area contributed by atoms with Crippen LogP contribution in [-0.4, -0.2) is 18.3 Å². The SMILES string of the molecule is CC1(C)OB(c2ccc3c(c2)C2(c4cc(-c5ccccc5C#N)ccc4O3)c3ccccc3-c3ccccc32)OC1(C)C. The van der Waals surface area contributed by atoms with Crippen LogP contribution in [0, 0.1) is 11.3 Å². The summed E-state index contributed by atoms with van der Waals surface area (Å²) in [7, 11) is -0.505. The number of nitriles is 1. The van der Waals surface area contributed by atoms with Gasteiger partial charge in [0.1, 0.15) is 11.5 Å². The highest BCUT2D eigenvalue weighted by Gasteiger charge is 2.54. The first-order valence-electron chi connectivity index (χ1n) is 14.8. The van der Waals surface area contributed by atoms with Gasteiger partial charge >= 0.3 is 7.12 Å². The highest BCUT2D eigenvalue weighted by molar-refractivity contribution is 6.62. The Morgan fingerprint density at radius 2 is 1.12 bits per heavy atom. The number of benzene rings is 5. The quantitative estimate of drug-likeness (QED) is 0.202. The molecular weight excluding hydrogens is 529 g/mol. The number of hydrogen-bond donors (Lipinski definition) is 0. The molecule has 0 radical (unpaired) electrons. The van der Waals surface area contributed by atoms with E-state index < -0.39 is 23.7 Å². The van der Waals surface area contributed by atoms with E-state index in [9.17, 15) is 5.26 Å². The second-order valence-corrected chi connectivity index (χ2v) is 12.7. The van der Waals surface area contributed by atoms with Crippen molar-refractivity contribution in [2.45, 2.75) is 44.3 Å². The number of fused-ring (bicyclic) bond motifs is 9. The van der Waals surface area contributed by atoms with Gasteiger partial charge < -0.3 is 14.0 Å². The molecule has 0 bridgehead atoms. The fourth-order valence-corrected chi connectivity index (χ4v) is 7.05. The summed E-state index contributed by atoms with van der Waals surface area (Å²) in [5, 5.41) is 9.92. The van der Waals surface area contributed by atoms with Crippen molar-refractivity contribution in [3.8, 4) is 39.8 Å². The maximum atomic E-state index is 9.92. The lowest BCUT2D eigenvalue weighted by atomic mass is 9.64. The molecule has 0 N–H and O–H groups in total. The summed E-state index contributed by atoms with van der Waals surface area (Å²) in [6.45, 7) is 8.32. The van der Waals surface area contributed by atoms with Crippen molar-refractivity contribution in [2.75, 3.05) is 0 Å². The normalized spacial score (nSPS) is 17.8. The third-order valence-electron chi connectivity index (χ3n) is 9.85. The van der Waals surface area contributed by atoms with Crippen LogP contribution in [0.1, 0.15) is 55.5 Å². The van der Waals surface area contributed by atoms with Crippen LogP contribution >= 0.6 is 0 Å². The van der Waals surface area contributed by atoms with E-state index in [1.807, 2.05) is 24.3 Å². The zero-order chi connectivity index (χ0) is 29.6. The zero-order valence-electron chi connectivity index (χ0n) is 24.6. The Morgan fingerprint density at radius 3 is 1.74 bits per heavy atom. The highest BCUT2D eigenvalue weighted by Crippen LogP contribution is 2.62. The topological polar surface area (TPSA) is 51.5 Å². The van der Waals surface area contributed by atoms with Gasteiger partial charge in [-0.2, -0.15) is 5.26 Å². The fraction of sp³-hybridized carbons (Fsp3) is 0.184. The monoisotopic (exact) mass is 559 g/mol. The molecule has 5 aromatic rings. The van der Waals surface area contributed by atoms with Crippen LogP contribution in [0.2, 0.25) is 0 Å². The summed E-state index contributed by atoms with van der Waals surface area (Å²) in [6, 6.07) is 40.2. The lowest BCUT2D eigenvalue weighted by Gasteiger charge is -2.40. The van der Waals surface area contributed by atoms with Crippen LogP contribution in [0.3, 0.4) is 0 Å². The molecular formula is C38H30BNO3. The molecule has 43 heavy (non-hydrogen) atoms. The molecule has 5 aromatic carbocycles. The van der Waals surface area contributed by atoms with Crippen LogP contribution in [-0.2, 0) is 14.7 Å². The fourth-order valence-electron chi connectivity index (χ4n) is 7.05. The second kappa shape index (κ2) is 8.94. The Morgan fingerprint density at radius 1 is 0.581 bits per heavy atom. The number of hydrogen-bond acceptors (Lipinski definition) is 4. The average Bonchev–Trinajstić information content (AvgIpc) is 3.44. The molecule has 3 aliphatic rings. The van der Waals surface area contributed by atoms with Gasteiger partial charge in [0, 0.05) is 11.1 Å². The van der Waals surface area contributed by atoms with Crippen molar-refractivity contribution in [1.29, 1.82) is 5.26 Å². The molecule has 0 unspecified atom stereocenters. The van der Waals surface area contributed by atoms with Crippen LogP contribution in [0.4, 0.5) is 0 Å². The maximum absolute atomic E-state index is 9.92. The molecule has 1 fully saturated rings. The van der Waals surface area contributed by atoms with E-state index in [1.54, 1.807) is 0 Å². The van der Waals surface area contributed by atoms with Gasteiger partial charge in [0.15, 0.2) is 0 Å². The standard InChI is InChI=1S/C38H30BNO3/c1-36(2)37(3,4)43-39(42-36)26-18-20-35-33(22-26)38(30-15-9-7-13-28(30)29-14-8-10-16-31(29)38)32-21-24(17-19-34(32)41-35)27-12-6-5-11-25(27)23-40/h5-22H,1-4H3. The Labute approximate surface area is 252 Å². The second-order valence-electron chi connectivity index (χ2n) is 12.7. The molecule has 1 spiro atoms. The summed E-state index contributed by atoms with van der Waals surface area (Å²) in [5.41, 5.74) is 8.86. The van der Waals surface area contributed by atoms with E-state index in [0.717, 1.165) is 39.2 Å². The van der Waals surface area contributed by atoms with Crippen molar-refractivity contribution < 1.29 is 14.0 Å². The Balaban J connectivity index is 1.43. The van der Waals surface area contributed by atoms with E-state index in [0.29, 0.717) is 5.56 Å². The lowest BCUT2D eigenvalue weighted by molar-refractivity contribution is 0.00578. The van der Waals surface area contributed by atoms with Crippen LogP contribution < -0.4 is 10.2 Å². The van der Waals surface area contributed by atoms with Crippen LogP contribution in [0.15, 0.2) is 109 Å². The van der Waals surface area contributed by atoms with Crippen molar-refractivity contribution in [3.05, 3.63) is 137 Å². The first-order valence-corrected chi connectivity index (χ1v) is 14.8. The Bertz CT molecular complexity index is 1940. The number of rotatable bonds is 2. The van der Waals surface area contributed by atoms with Gasteiger partial charge in [0.05, 0.1) is 28.2 Å². The van der Waals surface area contributed by atoms with Gasteiger partial charge in [-0.3, -0.25) is 0 Å². The minimum atomic E-state index is -0.645. The first-order chi connectivity index (χ1) is 20.7. The third kappa shape index (κ3) is 3.51. The Kier molecular flexibility index (Phi) is 5.41. The van der Waals surface area contributed by atoms with Crippen molar-refractivity contribution in [3.63, 3.8) is 0 Å². The molecule has 2 heterocycles. The van der Waals surface area contributed by atoms with E-state index in [4.69, 9.17) is 14.0 Å². The van der Waals surface area contributed by atoms with Gasteiger partial charge in [-0.05, 0) is 90.8 Å². The Hall–Kier alpha value is -4.63. The van der Waals surface area contributed by atoms with Crippen molar-refractivity contribution >= 4 is 12.6 Å². The van der Waals surface area contributed by atoms with Crippen molar-refractivity contribution in [1.82, 2.24) is 0 Å². The minimum absolute atomic E-state index is 0.454. The van der Waals surface area contributed by atoms with Gasteiger partial charge in [-0.25, -0.2) is 0 Å². The molecule has 0 aromatic heterocycles. The molecule has 0 saturated carbocycles. The molecule has 1 saturated heterocycles. The highest BCUT2D eigenvalue weighted by atomic mass is 16.7. The van der Waals surface area contributed by atoms with Crippen LogP contribution in [0.5, 0.6) is 11.5 Å². The summed E-state index contributed by atoms with van der Waals surface area (Å²) < 4.78 is 19.7. The molecule has 208 valence electrons. The molecule has 0 atom stereocenters. The average molecular weight is 559 g/mol. The summed E-state index contributed by atoms with van der Waals surface area (Å²) in [5.74, 6) is 1.62. The van der Waals surface area contributed by atoms with E-state index in [-0.39, 0.29) is 0 Å². The predicted octanol–water partition coefficient (Wildman–Crippen LogP) is 7.99. The van der Waals surface area contributed by atoms with E-state index >= 15 is 0 Å². The van der Waals surface area contributed by atoms with Crippen molar-refractivity contribution in [2.24, 2.45) is 0 Å². The molecule has 8 rings (SSSR count). The smallest absolute Gasteiger partial charge is 0.457 e. The molecule has 4 nitrogen and oxygen atoms in total. The summed E-state index contributed by atoms with van der Waals surface area (Å²) in [6.07, 6.45) is 0. The summed E-state index contributed by atoms with van der Waals surface area (Å²) >= 11 is 0. The zero-order valence-corrected chi connectivity index (χ0v) is 24.6. The maximum Gasteiger partial charge on any atom is 0.494 e. The van der Waals surface area contributed by atoms with E-state index in [1.165, 1.54) is 22.3 Å². The van der Waals surface area contributed by atoms with Gasteiger partial charge in [-0.1, -0.05) is 84.9 Å². The largest absolute Gasteiger partial charge is 0.494 e. The molecule has 2 aliphatic heterocycles. The third-order valence-corrected chi connectivity index (χ3v) is 9.85. The number of nitrogens with zero attached hydrogens (tertiary/aromatic N) is 1. The molecule has 5 heteroatoms. The number of ether oxygens (including phenoxy) is 1. The summed E-state index contributed by atoms with van der Waals surface area (Å²) in [4.78, 5) is 0. The first kappa shape index (κ1) is 26.0. The minimum Gasteiger partial charge on any atom is -0.457 e. The van der Waals surface area contributed by atoms with Gasteiger partial charge in [-0.15, -0.1) is 0 Å². The van der Waals surface area contributed by atoms with Gasteiger partial charge in [0.25, 0.3) is 0 Å². The van der Waals surface area contributed by atoms with Crippen LogP contribution in [0.25, 0.3) is 22.3 Å². The molecule has 0 amide bonds. The lowest BCUT2D eigenvalue weighted by Crippen LogP contribution is -2.41. The molecule has 1 aliphatic carbocycles. The predicted molar refractivity (Wildman–Crippen MR) is 170 cm³/mol. The van der Waals surface area contributed by atoms with Gasteiger partial charge in [0.2, 0.25) is 0 Å².